The van der Waals surface area contributed by atoms with Crippen LogP contribution < -0.4 is 0 Å². The van der Waals surface area contributed by atoms with Crippen LogP contribution in [0.4, 0.5) is 0 Å². The molecule has 0 amide bonds. The highest BCUT2D eigenvalue weighted by Crippen LogP contribution is 2.27. The monoisotopic (exact) mass is 250 g/mol. The summed E-state index contributed by atoms with van der Waals surface area (Å²) in [6.07, 6.45) is 3.32. The zero-order chi connectivity index (χ0) is 10.2. The molecular weight excluding hydrogens is 236 g/mol. The first-order chi connectivity index (χ1) is 6.84. The third-order valence-electron chi connectivity index (χ3n) is 2.10. The normalized spacial score (nSPS) is 11.6. The second kappa shape index (κ2) is 6.68. The van der Waals surface area contributed by atoms with Gasteiger partial charge in [-0.1, -0.05) is 46.3 Å². The molecule has 1 aromatic rings. The van der Waals surface area contributed by atoms with E-state index in [1.165, 1.54) is 5.56 Å². The molecule has 14 heavy (non-hydrogen) atoms. The third kappa shape index (κ3) is 3.98. The lowest BCUT2D eigenvalue weighted by molar-refractivity contribution is 0.751. The SMILES string of the molecule is CC#CCCCC(Br)c1ccccc1. The Bertz CT molecular complexity index is 305. The van der Waals surface area contributed by atoms with Gasteiger partial charge in [0.15, 0.2) is 0 Å². The quantitative estimate of drug-likeness (QED) is 0.425. The maximum Gasteiger partial charge on any atom is 0.0395 e. The summed E-state index contributed by atoms with van der Waals surface area (Å²) in [6, 6.07) is 10.5. The summed E-state index contributed by atoms with van der Waals surface area (Å²) in [6.45, 7) is 1.89. The van der Waals surface area contributed by atoms with Crippen molar-refractivity contribution in [3.8, 4) is 11.8 Å². The average molecular weight is 251 g/mol. The molecule has 1 unspecified atom stereocenters. The molecule has 0 aliphatic carbocycles. The Balaban J connectivity index is 2.34. The molecule has 0 N–H and O–H groups in total. The number of alkyl halides is 1. The summed E-state index contributed by atoms with van der Waals surface area (Å²) in [5, 5.41) is 0. The van der Waals surface area contributed by atoms with Crippen LogP contribution >= 0.6 is 15.9 Å². The van der Waals surface area contributed by atoms with E-state index in [0.717, 1.165) is 19.3 Å². The van der Waals surface area contributed by atoms with Gasteiger partial charge in [0.25, 0.3) is 0 Å². The summed E-state index contributed by atoms with van der Waals surface area (Å²) in [7, 11) is 0. The van der Waals surface area contributed by atoms with Crippen LogP contribution in [0.15, 0.2) is 30.3 Å². The second-order valence-electron chi connectivity index (χ2n) is 3.20. The molecule has 0 saturated carbocycles. The summed E-state index contributed by atoms with van der Waals surface area (Å²) >= 11 is 3.69. The van der Waals surface area contributed by atoms with E-state index in [2.05, 4.69) is 52.0 Å². The molecule has 0 aromatic heterocycles. The first-order valence-corrected chi connectivity index (χ1v) is 5.85. The molecule has 0 spiro atoms. The molecule has 1 rings (SSSR count). The maximum atomic E-state index is 3.69. The minimum atomic E-state index is 0.474. The van der Waals surface area contributed by atoms with Gasteiger partial charge in [-0.05, 0) is 25.3 Å². The lowest BCUT2D eigenvalue weighted by Gasteiger charge is -2.08. The van der Waals surface area contributed by atoms with Crippen molar-refractivity contribution in [2.45, 2.75) is 31.0 Å². The Hall–Kier alpha value is -0.740. The van der Waals surface area contributed by atoms with Crippen molar-refractivity contribution in [1.29, 1.82) is 0 Å². The summed E-state index contributed by atoms with van der Waals surface area (Å²) in [5.74, 6) is 6.00. The highest BCUT2D eigenvalue weighted by atomic mass is 79.9. The van der Waals surface area contributed by atoms with Crippen molar-refractivity contribution in [2.24, 2.45) is 0 Å². The lowest BCUT2D eigenvalue weighted by Crippen LogP contribution is -1.88. The number of unbranched alkanes of at least 4 members (excludes halogenated alkanes) is 1. The van der Waals surface area contributed by atoms with Gasteiger partial charge in [-0.2, -0.15) is 0 Å². The topological polar surface area (TPSA) is 0 Å². The predicted octanol–water partition coefficient (Wildman–Crippen LogP) is 4.32. The largest absolute Gasteiger partial charge is 0.107 e. The number of hydrogen-bond donors (Lipinski definition) is 0. The molecule has 1 heteroatoms. The molecule has 0 nitrogen and oxygen atoms in total. The van der Waals surface area contributed by atoms with E-state index in [4.69, 9.17) is 0 Å². The van der Waals surface area contributed by atoms with Crippen LogP contribution in [0.2, 0.25) is 0 Å². The molecule has 0 heterocycles. The van der Waals surface area contributed by atoms with Crippen molar-refractivity contribution >= 4 is 15.9 Å². The lowest BCUT2D eigenvalue weighted by atomic mass is 10.1. The van der Waals surface area contributed by atoms with Crippen LogP contribution in [0.3, 0.4) is 0 Å². The molecule has 1 atom stereocenters. The zero-order valence-corrected chi connectivity index (χ0v) is 10.0. The Labute approximate surface area is 94.9 Å². The van der Waals surface area contributed by atoms with Crippen LogP contribution in [0.25, 0.3) is 0 Å². The zero-order valence-electron chi connectivity index (χ0n) is 8.46. The average Bonchev–Trinajstić information content (AvgIpc) is 2.25. The van der Waals surface area contributed by atoms with Crippen LogP contribution in [0, 0.1) is 11.8 Å². The standard InChI is InChI=1S/C13H15Br/c1-2-3-4-8-11-13(14)12-9-6-5-7-10-12/h5-7,9-10,13H,4,8,11H2,1H3. The van der Waals surface area contributed by atoms with Gasteiger partial charge < -0.3 is 0 Å². The van der Waals surface area contributed by atoms with Gasteiger partial charge in [0.1, 0.15) is 0 Å². The van der Waals surface area contributed by atoms with Crippen molar-refractivity contribution < 1.29 is 0 Å². The van der Waals surface area contributed by atoms with Crippen molar-refractivity contribution in [3.05, 3.63) is 35.9 Å². The van der Waals surface area contributed by atoms with Crippen molar-refractivity contribution in [1.82, 2.24) is 0 Å². The van der Waals surface area contributed by atoms with Gasteiger partial charge in [-0.3, -0.25) is 0 Å². The third-order valence-corrected chi connectivity index (χ3v) is 3.08. The second-order valence-corrected chi connectivity index (χ2v) is 4.30. The molecule has 1 aromatic carbocycles. The molecule has 0 aliphatic heterocycles. The van der Waals surface area contributed by atoms with Gasteiger partial charge in [0.2, 0.25) is 0 Å². The Morgan fingerprint density at radius 2 is 2.00 bits per heavy atom. The van der Waals surface area contributed by atoms with Crippen molar-refractivity contribution in [3.63, 3.8) is 0 Å². The maximum absolute atomic E-state index is 3.69. The van der Waals surface area contributed by atoms with Crippen LogP contribution in [0.1, 0.15) is 36.6 Å². The van der Waals surface area contributed by atoms with E-state index in [1.807, 2.05) is 13.0 Å². The van der Waals surface area contributed by atoms with Gasteiger partial charge in [0.05, 0.1) is 0 Å². The van der Waals surface area contributed by atoms with Crippen molar-refractivity contribution in [2.75, 3.05) is 0 Å². The smallest absolute Gasteiger partial charge is 0.0395 e. The Morgan fingerprint density at radius 1 is 1.29 bits per heavy atom. The highest BCUT2D eigenvalue weighted by molar-refractivity contribution is 9.09. The minimum absolute atomic E-state index is 0.474. The molecule has 74 valence electrons. The van der Waals surface area contributed by atoms with Crippen LogP contribution in [0.5, 0.6) is 0 Å². The number of rotatable bonds is 4. The molecular formula is C13H15Br. The first kappa shape index (κ1) is 11.3. The van der Waals surface area contributed by atoms with E-state index in [0.29, 0.717) is 4.83 Å². The van der Waals surface area contributed by atoms with E-state index in [9.17, 15) is 0 Å². The van der Waals surface area contributed by atoms with Crippen LogP contribution in [-0.2, 0) is 0 Å². The van der Waals surface area contributed by atoms with Crippen LogP contribution in [-0.4, -0.2) is 0 Å². The summed E-state index contributed by atoms with van der Waals surface area (Å²) in [4.78, 5) is 0.474. The number of hydrogen-bond acceptors (Lipinski definition) is 0. The molecule has 0 fully saturated rings. The fourth-order valence-electron chi connectivity index (χ4n) is 1.32. The minimum Gasteiger partial charge on any atom is -0.107 e. The summed E-state index contributed by atoms with van der Waals surface area (Å²) < 4.78 is 0. The van der Waals surface area contributed by atoms with Gasteiger partial charge in [-0.15, -0.1) is 11.8 Å². The van der Waals surface area contributed by atoms with E-state index < -0.39 is 0 Å². The van der Waals surface area contributed by atoms with Gasteiger partial charge in [-0.25, -0.2) is 0 Å². The van der Waals surface area contributed by atoms with Gasteiger partial charge >= 0.3 is 0 Å². The Kier molecular flexibility index (Phi) is 5.40. The number of halogens is 1. The Morgan fingerprint density at radius 3 is 2.64 bits per heavy atom. The fraction of sp³-hybridized carbons (Fsp3) is 0.385. The predicted molar refractivity (Wildman–Crippen MR) is 65.4 cm³/mol. The molecule has 0 saturated heterocycles. The first-order valence-electron chi connectivity index (χ1n) is 4.93. The van der Waals surface area contributed by atoms with E-state index >= 15 is 0 Å². The summed E-state index contributed by atoms with van der Waals surface area (Å²) in [5.41, 5.74) is 1.36. The van der Waals surface area contributed by atoms with Gasteiger partial charge in [0, 0.05) is 11.2 Å². The number of benzene rings is 1. The highest BCUT2D eigenvalue weighted by Gasteiger charge is 2.04. The molecule has 0 radical (unpaired) electrons. The van der Waals surface area contributed by atoms with E-state index in [1.54, 1.807) is 0 Å². The fourth-order valence-corrected chi connectivity index (χ4v) is 1.95. The van der Waals surface area contributed by atoms with E-state index in [-0.39, 0.29) is 0 Å². The molecule has 0 aliphatic rings. The molecule has 0 bridgehead atoms.